The number of hydrogen-bond donors (Lipinski definition) is 2. The monoisotopic (exact) mass is 372 g/mol. The SMILES string of the molecule is Cc1ccc(Oc2cc(F)c(Cl)cc2Br)c(/C(N)=N/O)c1. The van der Waals surface area contributed by atoms with Gasteiger partial charge >= 0.3 is 0 Å². The minimum absolute atomic E-state index is 0.0187. The molecule has 0 spiro atoms. The maximum Gasteiger partial charge on any atom is 0.173 e. The molecule has 4 nitrogen and oxygen atoms in total. The minimum atomic E-state index is -0.604. The van der Waals surface area contributed by atoms with Crippen molar-refractivity contribution in [1.29, 1.82) is 0 Å². The van der Waals surface area contributed by atoms with Crippen molar-refractivity contribution in [2.45, 2.75) is 6.92 Å². The van der Waals surface area contributed by atoms with Crippen LogP contribution in [0.15, 0.2) is 40.0 Å². The molecular formula is C14H11BrClFN2O2. The third-order valence-corrected chi connectivity index (χ3v) is 3.62. The van der Waals surface area contributed by atoms with Crippen LogP contribution in [0.2, 0.25) is 5.02 Å². The highest BCUT2D eigenvalue weighted by Crippen LogP contribution is 2.35. The van der Waals surface area contributed by atoms with Crippen LogP contribution in [-0.2, 0) is 0 Å². The fourth-order valence-electron chi connectivity index (χ4n) is 1.69. The summed E-state index contributed by atoms with van der Waals surface area (Å²) in [5, 5.41) is 11.8. The summed E-state index contributed by atoms with van der Waals surface area (Å²) in [6, 6.07) is 7.70. The Labute approximate surface area is 134 Å². The number of ether oxygens (including phenoxy) is 1. The van der Waals surface area contributed by atoms with Gasteiger partial charge in [-0.05, 0) is 41.1 Å². The second kappa shape index (κ2) is 6.32. The highest BCUT2D eigenvalue weighted by Gasteiger charge is 2.13. The second-order valence-electron chi connectivity index (χ2n) is 4.28. The molecule has 0 saturated carbocycles. The van der Waals surface area contributed by atoms with Gasteiger partial charge in [0.15, 0.2) is 5.84 Å². The molecule has 0 aliphatic carbocycles. The van der Waals surface area contributed by atoms with E-state index in [2.05, 4.69) is 21.1 Å². The average Bonchev–Trinajstić information content (AvgIpc) is 2.45. The van der Waals surface area contributed by atoms with Crippen LogP contribution in [0.25, 0.3) is 0 Å². The van der Waals surface area contributed by atoms with Gasteiger partial charge in [-0.15, -0.1) is 0 Å². The lowest BCUT2D eigenvalue weighted by Crippen LogP contribution is -2.14. The number of halogens is 3. The summed E-state index contributed by atoms with van der Waals surface area (Å²) in [7, 11) is 0. The van der Waals surface area contributed by atoms with E-state index in [0.29, 0.717) is 15.8 Å². The standard InChI is InChI=1S/C14H11BrClFN2O2/c1-7-2-3-12(8(4-7)14(18)19-20)21-13-6-11(17)10(16)5-9(13)15/h2-6,20H,1H3,(H2,18,19). The van der Waals surface area contributed by atoms with Crippen molar-refractivity contribution in [2.24, 2.45) is 10.9 Å². The zero-order valence-electron chi connectivity index (χ0n) is 10.9. The molecule has 21 heavy (non-hydrogen) atoms. The third kappa shape index (κ3) is 3.46. The van der Waals surface area contributed by atoms with E-state index in [1.807, 2.05) is 6.92 Å². The summed E-state index contributed by atoms with van der Waals surface area (Å²) in [5.74, 6) is -0.141. The number of amidine groups is 1. The van der Waals surface area contributed by atoms with E-state index < -0.39 is 5.82 Å². The lowest BCUT2D eigenvalue weighted by atomic mass is 10.1. The molecule has 0 bridgehead atoms. The molecule has 0 fully saturated rings. The van der Waals surface area contributed by atoms with Gasteiger partial charge in [0.1, 0.15) is 17.3 Å². The Morgan fingerprint density at radius 3 is 2.71 bits per heavy atom. The van der Waals surface area contributed by atoms with E-state index in [-0.39, 0.29) is 16.6 Å². The second-order valence-corrected chi connectivity index (χ2v) is 5.55. The molecule has 0 unspecified atom stereocenters. The first kappa shape index (κ1) is 15.6. The molecule has 0 heterocycles. The van der Waals surface area contributed by atoms with Crippen LogP contribution in [0.1, 0.15) is 11.1 Å². The summed E-state index contributed by atoms with van der Waals surface area (Å²) in [6.45, 7) is 1.86. The largest absolute Gasteiger partial charge is 0.455 e. The number of nitrogens with zero attached hydrogens (tertiary/aromatic N) is 1. The van der Waals surface area contributed by atoms with Crippen molar-refractivity contribution in [1.82, 2.24) is 0 Å². The van der Waals surface area contributed by atoms with E-state index in [1.165, 1.54) is 6.07 Å². The van der Waals surface area contributed by atoms with Gasteiger partial charge in [0, 0.05) is 6.07 Å². The summed E-state index contributed by atoms with van der Waals surface area (Å²) in [4.78, 5) is 0. The first-order chi connectivity index (χ1) is 9.92. The van der Waals surface area contributed by atoms with Gasteiger partial charge in [0.25, 0.3) is 0 Å². The molecule has 0 amide bonds. The van der Waals surface area contributed by atoms with Crippen molar-refractivity contribution < 1.29 is 14.3 Å². The van der Waals surface area contributed by atoms with Gasteiger partial charge in [-0.2, -0.15) is 0 Å². The molecule has 2 aromatic rings. The van der Waals surface area contributed by atoms with Gasteiger partial charge < -0.3 is 15.7 Å². The molecule has 0 aliphatic rings. The van der Waals surface area contributed by atoms with Crippen LogP contribution in [-0.4, -0.2) is 11.0 Å². The predicted molar refractivity (Wildman–Crippen MR) is 82.9 cm³/mol. The molecule has 0 atom stereocenters. The highest BCUT2D eigenvalue weighted by atomic mass is 79.9. The van der Waals surface area contributed by atoms with Crippen LogP contribution >= 0.6 is 27.5 Å². The minimum Gasteiger partial charge on any atom is -0.455 e. The van der Waals surface area contributed by atoms with E-state index in [1.54, 1.807) is 18.2 Å². The Morgan fingerprint density at radius 1 is 1.33 bits per heavy atom. The lowest BCUT2D eigenvalue weighted by molar-refractivity contribution is 0.318. The zero-order chi connectivity index (χ0) is 15.6. The quantitative estimate of drug-likeness (QED) is 0.275. The predicted octanol–water partition coefficient (Wildman–Crippen LogP) is 4.44. The average molecular weight is 374 g/mol. The smallest absolute Gasteiger partial charge is 0.173 e. The molecule has 0 radical (unpaired) electrons. The summed E-state index contributed by atoms with van der Waals surface area (Å²) >= 11 is 8.93. The maximum absolute atomic E-state index is 13.5. The van der Waals surface area contributed by atoms with Crippen LogP contribution in [0.5, 0.6) is 11.5 Å². The van der Waals surface area contributed by atoms with Crippen LogP contribution in [0, 0.1) is 12.7 Å². The topological polar surface area (TPSA) is 67.8 Å². The van der Waals surface area contributed by atoms with Crippen LogP contribution < -0.4 is 10.5 Å². The number of rotatable bonds is 3. The zero-order valence-corrected chi connectivity index (χ0v) is 13.2. The van der Waals surface area contributed by atoms with Crippen molar-refractivity contribution in [2.75, 3.05) is 0 Å². The molecule has 0 saturated heterocycles. The molecule has 3 N–H and O–H groups in total. The third-order valence-electron chi connectivity index (χ3n) is 2.71. The Kier molecular flexibility index (Phi) is 4.69. The highest BCUT2D eigenvalue weighted by molar-refractivity contribution is 9.10. The first-order valence-electron chi connectivity index (χ1n) is 5.83. The van der Waals surface area contributed by atoms with E-state index in [4.69, 9.17) is 27.3 Å². The lowest BCUT2D eigenvalue weighted by Gasteiger charge is -2.13. The van der Waals surface area contributed by atoms with Gasteiger partial charge in [-0.3, -0.25) is 0 Å². The van der Waals surface area contributed by atoms with Crippen LogP contribution in [0.3, 0.4) is 0 Å². The van der Waals surface area contributed by atoms with Gasteiger partial charge in [0.2, 0.25) is 0 Å². The molecule has 2 aromatic carbocycles. The number of oxime groups is 1. The van der Waals surface area contributed by atoms with Gasteiger partial charge in [-0.25, -0.2) is 4.39 Å². The Bertz CT molecular complexity index is 722. The Hall–Kier alpha value is -1.79. The molecule has 2 rings (SSSR count). The molecule has 0 aliphatic heterocycles. The normalized spacial score (nSPS) is 11.5. The number of benzene rings is 2. The fourth-order valence-corrected chi connectivity index (χ4v) is 2.41. The molecule has 0 aromatic heterocycles. The first-order valence-corrected chi connectivity index (χ1v) is 7.00. The van der Waals surface area contributed by atoms with Gasteiger partial charge in [-0.1, -0.05) is 28.4 Å². The summed E-state index contributed by atoms with van der Waals surface area (Å²) < 4.78 is 19.7. The Balaban J connectivity index is 2.47. The number of hydrogen-bond acceptors (Lipinski definition) is 3. The molecular weight excluding hydrogens is 363 g/mol. The fraction of sp³-hybridized carbons (Fsp3) is 0.0714. The van der Waals surface area contributed by atoms with Gasteiger partial charge in [0.05, 0.1) is 15.1 Å². The van der Waals surface area contributed by atoms with E-state index in [9.17, 15) is 4.39 Å². The van der Waals surface area contributed by atoms with Crippen molar-refractivity contribution in [3.63, 3.8) is 0 Å². The van der Waals surface area contributed by atoms with Crippen molar-refractivity contribution in [3.05, 3.63) is 56.8 Å². The van der Waals surface area contributed by atoms with Crippen molar-refractivity contribution in [3.8, 4) is 11.5 Å². The number of nitrogens with two attached hydrogens (primary N) is 1. The maximum atomic E-state index is 13.5. The summed E-state index contributed by atoms with van der Waals surface area (Å²) in [5.41, 5.74) is 6.93. The summed E-state index contributed by atoms with van der Waals surface area (Å²) in [6.07, 6.45) is 0. The van der Waals surface area contributed by atoms with Crippen LogP contribution in [0.4, 0.5) is 4.39 Å². The van der Waals surface area contributed by atoms with Crippen molar-refractivity contribution >= 4 is 33.4 Å². The molecule has 110 valence electrons. The van der Waals surface area contributed by atoms with E-state index in [0.717, 1.165) is 11.6 Å². The number of aryl methyl sites for hydroxylation is 1. The van der Waals surface area contributed by atoms with E-state index >= 15 is 0 Å². The Morgan fingerprint density at radius 2 is 2.05 bits per heavy atom. The molecule has 7 heteroatoms.